The molecule has 5 fully saturated rings. The van der Waals surface area contributed by atoms with Gasteiger partial charge >= 0.3 is 5.97 Å². The molecular weight excluding hydrogens is 328 g/mol. The summed E-state index contributed by atoms with van der Waals surface area (Å²) in [5.74, 6) is 2.17. The van der Waals surface area contributed by atoms with Gasteiger partial charge in [-0.15, -0.1) is 0 Å². The van der Waals surface area contributed by atoms with Crippen molar-refractivity contribution in [3.05, 3.63) is 22.9 Å². The lowest BCUT2D eigenvalue weighted by molar-refractivity contribution is -0.127. The lowest BCUT2D eigenvalue weighted by atomic mass is 9.51. The first-order chi connectivity index (χ1) is 12.4. The Hall–Kier alpha value is -1.62. The maximum atomic E-state index is 11.7. The minimum absolute atomic E-state index is 0.0494. The normalized spacial score (nSPS) is 44.3. The number of carboxylic acids is 1. The molecule has 5 nitrogen and oxygen atoms in total. The molecule has 6 aliphatic rings. The first kappa shape index (κ1) is 15.4. The smallest absolute Gasteiger partial charge is 0.337 e. The van der Waals surface area contributed by atoms with Crippen LogP contribution in [0.4, 0.5) is 5.82 Å². The average molecular weight is 354 g/mol. The van der Waals surface area contributed by atoms with Crippen LogP contribution in [0.2, 0.25) is 0 Å². The molecule has 4 unspecified atom stereocenters. The summed E-state index contributed by atoms with van der Waals surface area (Å²) < 4.78 is 0. The molecule has 0 aromatic carbocycles. The molecule has 0 aliphatic heterocycles. The standard InChI is InChI=1S/C21H26N2O3/c24-19(25)15-9-22-18(17-14-2-1-13(4-14)16(15)17)23-20-5-11-3-12(6-20)8-21(26,7-11)10-20/h9,11-14,26H,1-8,10H2,(H,22,23)(H,24,25). The summed E-state index contributed by atoms with van der Waals surface area (Å²) in [5.41, 5.74) is 2.09. The molecule has 0 spiro atoms. The molecule has 6 bridgehead atoms. The molecule has 5 heteroatoms. The quantitative estimate of drug-likeness (QED) is 0.772. The van der Waals surface area contributed by atoms with E-state index >= 15 is 0 Å². The van der Waals surface area contributed by atoms with E-state index in [9.17, 15) is 15.0 Å². The fourth-order valence-electron chi connectivity index (χ4n) is 7.78. The van der Waals surface area contributed by atoms with E-state index in [4.69, 9.17) is 0 Å². The van der Waals surface area contributed by atoms with Crippen LogP contribution in [0.3, 0.4) is 0 Å². The molecule has 1 heterocycles. The lowest BCUT2D eigenvalue weighted by Gasteiger charge is -2.60. The summed E-state index contributed by atoms with van der Waals surface area (Å²) in [6.45, 7) is 0. The van der Waals surface area contributed by atoms with Crippen molar-refractivity contribution in [3.8, 4) is 0 Å². The number of nitrogens with zero attached hydrogens (tertiary/aromatic N) is 1. The second-order valence-electron chi connectivity index (χ2n) is 9.95. The van der Waals surface area contributed by atoms with Crippen LogP contribution in [0.25, 0.3) is 0 Å². The zero-order valence-corrected chi connectivity index (χ0v) is 15.0. The van der Waals surface area contributed by atoms with Gasteiger partial charge in [0.2, 0.25) is 0 Å². The van der Waals surface area contributed by atoms with Crippen molar-refractivity contribution in [3.63, 3.8) is 0 Å². The van der Waals surface area contributed by atoms with E-state index in [-0.39, 0.29) is 5.54 Å². The van der Waals surface area contributed by atoms with Crippen LogP contribution in [-0.4, -0.2) is 32.3 Å². The van der Waals surface area contributed by atoms with Gasteiger partial charge in [-0.3, -0.25) is 0 Å². The lowest BCUT2D eigenvalue weighted by Crippen LogP contribution is -2.62. The average Bonchev–Trinajstić information content (AvgIpc) is 3.14. The fraction of sp³-hybridized carbons (Fsp3) is 0.714. The van der Waals surface area contributed by atoms with Crippen molar-refractivity contribution in [2.75, 3.05) is 5.32 Å². The molecule has 3 N–H and O–H groups in total. The summed E-state index contributed by atoms with van der Waals surface area (Å²) in [6.07, 6.45) is 11.2. The number of carbonyl (C=O) groups is 1. The van der Waals surface area contributed by atoms with Crippen LogP contribution in [-0.2, 0) is 0 Å². The van der Waals surface area contributed by atoms with Crippen molar-refractivity contribution >= 4 is 11.8 Å². The number of anilines is 1. The maximum Gasteiger partial charge on any atom is 0.337 e. The van der Waals surface area contributed by atoms with Gasteiger partial charge in [-0.2, -0.15) is 0 Å². The summed E-state index contributed by atoms with van der Waals surface area (Å²) in [5, 5.41) is 24.4. The van der Waals surface area contributed by atoms with Gasteiger partial charge in [0.15, 0.2) is 0 Å². The summed E-state index contributed by atoms with van der Waals surface area (Å²) >= 11 is 0. The third-order valence-corrected chi connectivity index (χ3v) is 8.05. The molecule has 0 saturated heterocycles. The minimum Gasteiger partial charge on any atom is -0.478 e. The van der Waals surface area contributed by atoms with Crippen LogP contribution in [0.5, 0.6) is 0 Å². The number of hydrogen-bond acceptors (Lipinski definition) is 4. The Morgan fingerprint density at radius 2 is 1.77 bits per heavy atom. The van der Waals surface area contributed by atoms with Gasteiger partial charge < -0.3 is 15.5 Å². The second-order valence-corrected chi connectivity index (χ2v) is 9.95. The van der Waals surface area contributed by atoms with E-state index in [0.717, 1.165) is 62.7 Å². The van der Waals surface area contributed by atoms with Crippen LogP contribution in [0.1, 0.15) is 91.1 Å². The Morgan fingerprint density at radius 1 is 1.08 bits per heavy atom. The molecule has 26 heavy (non-hydrogen) atoms. The van der Waals surface area contributed by atoms with Gasteiger partial charge in [-0.25, -0.2) is 9.78 Å². The SMILES string of the molecule is O=C(O)c1cnc(NC23CC4CC(CC(O)(C4)C2)C3)c2c1C1CCC2C1. The third-order valence-electron chi connectivity index (χ3n) is 8.05. The molecule has 0 radical (unpaired) electrons. The highest BCUT2D eigenvalue weighted by Gasteiger charge is 2.57. The van der Waals surface area contributed by atoms with Crippen molar-refractivity contribution in [2.45, 2.75) is 80.8 Å². The molecule has 0 amide bonds. The Labute approximate surface area is 153 Å². The fourth-order valence-corrected chi connectivity index (χ4v) is 7.78. The number of aromatic carboxylic acids is 1. The topological polar surface area (TPSA) is 82.5 Å². The van der Waals surface area contributed by atoms with Crippen LogP contribution >= 0.6 is 0 Å². The molecule has 5 saturated carbocycles. The number of rotatable bonds is 3. The molecule has 7 rings (SSSR count). The van der Waals surface area contributed by atoms with Crippen LogP contribution in [0.15, 0.2) is 6.20 Å². The second kappa shape index (κ2) is 4.80. The summed E-state index contributed by atoms with van der Waals surface area (Å²) in [4.78, 5) is 16.3. The minimum atomic E-state index is -0.850. The zero-order chi connectivity index (χ0) is 17.7. The van der Waals surface area contributed by atoms with Gasteiger partial charge in [0, 0.05) is 17.3 Å². The number of hydrogen-bond donors (Lipinski definition) is 3. The molecule has 6 aliphatic carbocycles. The molecule has 4 atom stereocenters. The van der Waals surface area contributed by atoms with Gasteiger partial charge in [-0.05, 0) is 87.0 Å². The Morgan fingerprint density at radius 3 is 2.42 bits per heavy atom. The van der Waals surface area contributed by atoms with Crippen molar-refractivity contribution < 1.29 is 15.0 Å². The van der Waals surface area contributed by atoms with E-state index < -0.39 is 11.6 Å². The highest BCUT2D eigenvalue weighted by atomic mass is 16.4. The van der Waals surface area contributed by atoms with Crippen molar-refractivity contribution in [1.29, 1.82) is 0 Å². The summed E-state index contributed by atoms with van der Waals surface area (Å²) in [7, 11) is 0. The predicted molar refractivity (Wildman–Crippen MR) is 96.5 cm³/mol. The Kier molecular flexibility index (Phi) is 2.85. The first-order valence-corrected chi connectivity index (χ1v) is 10.2. The predicted octanol–water partition coefficient (Wildman–Crippen LogP) is 3.64. The maximum absolute atomic E-state index is 11.7. The van der Waals surface area contributed by atoms with Crippen LogP contribution in [0, 0.1) is 11.8 Å². The van der Waals surface area contributed by atoms with E-state index in [1.54, 1.807) is 6.20 Å². The van der Waals surface area contributed by atoms with E-state index in [0.29, 0.717) is 29.2 Å². The third kappa shape index (κ3) is 2.01. The van der Waals surface area contributed by atoms with Gasteiger partial charge in [-0.1, -0.05) is 0 Å². The highest BCUT2D eigenvalue weighted by molar-refractivity contribution is 5.91. The van der Waals surface area contributed by atoms with E-state index in [2.05, 4.69) is 10.3 Å². The number of pyridine rings is 1. The molecule has 1 aromatic rings. The van der Waals surface area contributed by atoms with Crippen LogP contribution < -0.4 is 5.32 Å². The van der Waals surface area contributed by atoms with Crippen molar-refractivity contribution in [1.82, 2.24) is 4.98 Å². The first-order valence-electron chi connectivity index (χ1n) is 10.2. The Bertz CT molecular complexity index is 806. The van der Waals surface area contributed by atoms with Gasteiger partial charge in [0.1, 0.15) is 5.82 Å². The number of aliphatic hydroxyl groups is 1. The van der Waals surface area contributed by atoms with Crippen molar-refractivity contribution in [2.24, 2.45) is 11.8 Å². The Balaban J connectivity index is 1.42. The molecular formula is C21H26N2O3. The number of aromatic nitrogens is 1. The monoisotopic (exact) mass is 354 g/mol. The van der Waals surface area contributed by atoms with Gasteiger partial charge in [0.05, 0.1) is 11.2 Å². The highest BCUT2D eigenvalue weighted by Crippen LogP contribution is 2.60. The number of nitrogens with one attached hydrogen (secondary N) is 1. The largest absolute Gasteiger partial charge is 0.478 e. The number of carboxylic acid groups (broad SMARTS) is 1. The van der Waals surface area contributed by atoms with E-state index in [1.807, 2.05) is 0 Å². The van der Waals surface area contributed by atoms with E-state index in [1.165, 1.54) is 12.0 Å². The zero-order valence-electron chi connectivity index (χ0n) is 15.0. The molecule has 138 valence electrons. The molecule has 1 aromatic heterocycles. The van der Waals surface area contributed by atoms with Gasteiger partial charge in [0.25, 0.3) is 0 Å². The summed E-state index contributed by atoms with van der Waals surface area (Å²) in [6, 6.07) is 0. The number of fused-ring (bicyclic) bond motifs is 5.